The van der Waals surface area contributed by atoms with Gasteiger partial charge >= 0.3 is 8.03 Å². The number of carbonyl (C=O) groups is 2. The maximum Gasteiger partial charge on any atom is 0.348 e. The Balaban J connectivity index is 0.000000204. The smallest absolute Gasteiger partial charge is 0.348 e. The molecule has 0 aromatic heterocycles. The number of benzene rings is 2. The van der Waals surface area contributed by atoms with E-state index in [2.05, 4.69) is 17.6 Å². The Labute approximate surface area is 191 Å². The minimum absolute atomic E-state index is 0.0461. The Kier molecular flexibility index (Phi) is 8.32. The predicted molar refractivity (Wildman–Crippen MR) is 120 cm³/mol. The largest absolute Gasteiger partial charge is 0.591 e. The van der Waals surface area contributed by atoms with Crippen molar-refractivity contribution in [2.24, 2.45) is 5.92 Å². The van der Waals surface area contributed by atoms with E-state index in [-0.39, 0.29) is 15.9 Å². The average molecular weight is 480 g/mol. The highest BCUT2D eigenvalue weighted by Crippen LogP contribution is 2.31. The van der Waals surface area contributed by atoms with Crippen molar-refractivity contribution < 1.29 is 23.4 Å². The molecule has 0 radical (unpaired) electrons. The molecule has 2 unspecified atom stereocenters. The Morgan fingerprint density at radius 1 is 1.25 bits per heavy atom. The van der Waals surface area contributed by atoms with Crippen LogP contribution in [0.3, 0.4) is 0 Å². The van der Waals surface area contributed by atoms with Gasteiger partial charge in [0.1, 0.15) is 5.82 Å². The molecule has 2 aromatic carbocycles. The number of piperazine rings is 1. The number of nitrogens with zero attached hydrogens (tertiary/aromatic N) is 1. The Hall–Kier alpha value is -2.38. The summed E-state index contributed by atoms with van der Waals surface area (Å²) in [4.78, 5) is 36.4. The number of carbonyl (C=O) groups excluding carboxylic acids is 2. The molecule has 2 atom stereocenters. The molecule has 4 rings (SSSR count). The summed E-state index contributed by atoms with van der Waals surface area (Å²) >= 11 is 5.60. The van der Waals surface area contributed by atoms with Crippen LogP contribution in [-0.2, 0) is 9.36 Å². The normalized spacial score (nSPS) is 18.3. The first-order chi connectivity index (χ1) is 15.2. The van der Waals surface area contributed by atoms with Gasteiger partial charge in [-0.15, -0.1) is 0 Å². The number of halogens is 2. The number of hydrogen-bond acceptors (Lipinski definition) is 5. The number of amides is 2. The standard InChI is InChI=1S/C13H8ClFNO3P.C9H16N2O/c14-11-7-9(4-5-12(11)15)16-13(17)8-2-1-3-10(6-8)20(18)19;1-7-6-11(5-4-10-7)9(12)8-2-3-8/h1-7H,(H,16,17);7-8,10H,2-6H2,1H3. The number of rotatable bonds is 4. The van der Waals surface area contributed by atoms with Crippen LogP contribution in [0.15, 0.2) is 42.5 Å². The molecule has 170 valence electrons. The Bertz CT molecular complexity index is 1020. The van der Waals surface area contributed by atoms with Crippen LogP contribution in [0.4, 0.5) is 10.1 Å². The van der Waals surface area contributed by atoms with E-state index in [1.807, 2.05) is 4.90 Å². The highest BCUT2D eigenvalue weighted by molar-refractivity contribution is 7.45. The maximum absolute atomic E-state index is 13.0. The molecule has 7 nitrogen and oxygen atoms in total. The van der Waals surface area contributed by atoms with Crippen molar-refractivity contribution in [2.75, 3.05) is 25.0 Å². The lowest BCUT2D eigenvalue weighted by Crippen LogP contribution is -2.51. The van der Waals surface area contributed by atoms with Gasteiger partial charge < -0.3 is 20.4 Å². The van der Waals surface area contributed by atoms with Crippen LogP contribution in [0.25, 0.3) is 0 Å². The summed E-state index contributed by atoms with van der Waals surface area (Å²) in [7, 11) is -2.76. The third-order valence-corrected chi connectivity index (χ3v) is 6.09. The van der Waals surface area contributed by atoms with E-state index in [1.165, 1.54) is 36.4 Å². The summed E-state index contributed by atoms with van der Waals surface area (Å²) in [5.41, 5.74) is 0.500. The SMILES string of the molecule is CC1CN(C(=O)C2CC2)CCN1.O=C(Nc1ccc(F)c(Cl)c1)c1cccc([P+](=O)[O-])c1. The van der Waals surface area contributed by atoms with E-state index in [0.717, 1.165) is 38.5 Å². The summed E-state index contributed by atoms with van der Waals surface area (Å²) in [6.07, 6.45) is 2.24. The van der Waals surface area contributed by atoms with Crippen LogP contribution in [0.1, 0.15) is 30.1 Å². The second-order valence-corrected chi connectivity index (χ2v) is 9.24. The molecule has 1 aliphatic heterocycles. The first-order valence-electron chi connectivity index (χ1n) is 10.3. The van der Waals surface area contributed by atoms with Gasteiger partial charge in [-0.1, -0.05) is 22.2 Å². The highest BCUT2D eigenvalue weighted by Gasteiger charge is 2.34. The summed E-state index contributed by atoms with van der Waals surface area (Å²) in [6.45, 7) is 4.89. The molecular weight excluding hydrogens is 456 g/mol. The van der Waals surface area contributed by atoms with E-state index >= 15 is 0 Å². The van der Waals surface area contributed by atoms with Gasteiger partial charge in [-0.3, -0.25) is 9.59 Å². The predicted octanol–water partition coefficient (Wildman–Crippen LogP) is 2.68. The second-order valence-electron chi connectivity index (χ2n) is 7.80. The molecule has 2 fully saturated rings. The first kappa shape index (κ1) is 24.3. The molecule has 2 amide bonds. The first-order valence-corrected chi connectivity index (χ1v) is 11.8. The van der Waals surface area contributed by atoms with Crippen molar-refractivity contribution in [3.63, 3.8) is 0 Å². The van der Waals surface area contributed by atoms with Crippen LogP contribution in [0, 0.1) is 11.7 Å². The fourth-order valence-corrected chi connectivity index (χ4v) is 3.89. The fraction of sp³-hybridized carbons (Fsp3) is 0.364. The van der Waals surface area contributed by atoms with Crippen molar-refractivity contribution in [1.82, 2.24) is 10.2 Å². The molecule has 1 heterocycles. The minimum atomic E-state index is -2.76. The molecule has 2 N–H and O–H groups in total. The molecule has 32 heavy (non-hydrogen) atoms. The van der Waals surface area contributed by atoms with Gasteiger partial charge in [-0.2, -0.15) is 0 Å². The summed E-state index contributed by atoms with van der Waals surface area (Å²) in [5.74, 6) is -0.319. The number of nitrogens with one attached hydrogen (secondary N) is 2. The summed E-state index contributed by atoms with van der Waals surface area (Å²) in [5, 5.41) is 5.77. The molecule has 0 bridgehead atoms. The second kappa shape index (κ2) is 11.0. The molecule has 1 saturated carbocycles. The van der Waals surface area contributed by atoms with Gasteiger partial charge in [0, 0.05) is 48.9 Å². The van der Waals surface area contributed by atoms with E-state index < -0.39 is 19.8 Å². The van der Waals surface area contributed by atoms with Gasteiger partial charge in [0.05, 0.1) is 5.02 Å². The van der Waals surface area contributed by atoms with Crippen LogP contribution < -0.4 is 20.8 Å². The Morgan fingerprint density at radius 3 is 2.62 bits per heavy atom. The topological polar surface area (TPSA) is 102 Å². The fourth-order valence-electron chi connectivity index (χ4n) is 3.26. The van der Waals surface area contributed by atoms with Crippen LogP contribution >= 0.6 is 19.6 Å². The zero-order valence-corrected chi connectivity index (χ0v) is 19.2. The maximum atomic E-state index is 13.0. The van der Waals surface area contributed by atoms with E-state index in [4.69, 9.17) is 11.6 Å². The molecule has 2 aliphatic rings. The molecule has 1 aliphatic carbocycles. The van der Waals surface area contributed by atoms with E-state index in [1.54, 1.807) is 0 Å². The third kappa shape index (κ3) is 6.81. The molecule has 0 spiro atoms. The van der Waals surface area contributed by atoms with Gasteiger partial charge in [0.25, 0.3) is 5.91 Å². The van der Waals surface area contributed by atoms with Crippen molar-refractivity contribution in [3.05, 3.63) is 58.9 Å². The lowest BCUT2D eigenvalue weighted by molar-refractivity contribution is -0.160. The zero-order chi connectivity index (χ0) is 23.3. The number of anilines is 1. The molecule has 1 saturated heterocycles. The molecule has 10 heteroatoms. The summed E-state index contributed by atoms with van der Waals surface area (Å²) < 4.78 is 23.9. The van der Waals surface area contributed by atoms with Gasteiger partial charge in [0.2, 0.25) is 5.91 Å². The van der Waals surface area contributed by atoms with Gasteiger partial charge in [-0.05, 0) is 50.1 Å². The van der Waals surface area contributed by atoms with Crippen molar-refractivity contribution in [2.45, 2.75) is 25.8 Å². The van der Waals surface area contributed by atoms with Crippen LogP contribution in [-0.4, -0.2) is 42.4 Å². The lowest BCUT2D eigenvalue weighted by atomic mass is 10.2. The quantitative estimate of drug-likeness (QED) is 0.656. The highest BCUT2D eigenvalue weighted by atomic mass is 35.5. The van der Waals surface area contributed by atoms with Crippen molar-refractivity contribution in [3.8, 4) is 0 Å². The van der Waals surface area contributed by atoms with Crippen LogP contribution in [0.2, 0.25) is 5.02 Å². The Morgan fingerprint density at radius 2 is 2.00 bits per heavy atom. The molecule has 2 aromatic rings. The zero-order valence-electron chi connectivity index (χ0n) is 17.5. The average Bonchev–Trinajstić information content (AvgIpc) is 3.62. The number of hydrogen-bond donors (Lipinski definition) is 2. The van der Waals surface area contributed by atoms with Crippen LogP contribution in [0.5, 0.6) is 0 Å². The van der Waals surface area contributed by atoms with Gasteiger partial charge in [-0.25, -0.2) is 4.39 Å². The van der Waals surface area contributed by atoms with E-state index in [9.17, 15) is 23.4 Å². The third-order valence-electron chi connectivity index (χ3n) is 5.10. The monoisotopic (exact) mass is 479 g/mol. The van der Waals surface area contributed by atoms with Crippen molar-refractivity contribution in [1.29, 1.82) is 0 Å². The van der Waals surface area contributed by atoms with E-state index in [0.29, 0.717) is 23.6 Å². The van der Waals surface area contributed by atoms with Gasteiger partial charge in [0.15, 0.2) is 5.30 Å². The summed E-state index contributed by atoms with van der Waals surface area (Å²) in [6, 6.07) is 9.81. The lowest BCUT2D eigenvalue weighted by Gasteiger charge is -2.32. The molecular formula is C22H24ClFN3O4P. The minimum Gasteiger partial charge on any atom is -0.591 e. The van der Waals surface area contributed by atoms with Crippen molar-refractivity contribution >= 4 is 42.4 Å².